The summed E-state index contributed by atoms with van der Waals surface area (Å²) in [6.07, 6.45) is 3.99. The second-order valence-corrected chi connectivity index (χ2v) is 4.09. The van der Waals surface area contributed by atoms with Gasteiger partial charge in [-0.2, -0.15) is 4.98 Å². The molecule has 1 rings (SSSR count). The molecule has 0 spiro atoms. The number of hydrogen-bond acceptors (Lipinski definition) is 5. The van der Waals surface area contributed by atoms with Crippen molar-refractivity contribution < 1.29 is 4.74 Å². The zero-order chi connectivity index (χ0) is 12.5. The van der Waals surface area contributed by atoms with Gasteiger partial charge >= 0.3 is 0 Å². The average Bonchev–Trinajstić information content (AvgIpc) is 2.29. The third-order valence-electron chi connectivity index (χ3n) is 2.24. The molecule has 96 valence electrons. The summed E-state index contributed by atoms with van der Waals surface area (Å²) in [7, 11) is 4.17. The summed E-state index contributed by atoms with van der Waals surface area (Å²) < 4.78 is 5.31. The summed E-state index contributed by atoms with van der Waals surface area (Å²) >= 11 is 0. The molecule has 1 heterocycles. The minimum Gasteiger partial charge on any atom is -0.478 e. The van der Waals surface area contributed by atoms with Crippen LogP contribution in [0.15, 0.2) is 12.3 Å². The first kappa shape index (κ1) is 13.7. The van der Waals surface area contributed by atoms with Gasteiger partial charge in [-0.1, -0.05) is 0 Å². The first-order valence-corrected chi connectivity index (χ1v) is 6.07. The molecule has 0 radical (unpaired) electrons. The van der Waals surface area contributed by atoms with Gasteiger partial charge in [-0.3, -0.25) is 0 Å². The van der Waals surface area contributed by atoms with Crippen LogP contribution in [0, 0.1) is 0 Å². The van der Waals surface area contributed by atoms with Gasteiger partial charge in [0.15, 0.2) is 0 Å². The zero-order valence-electron chi connectivity index (χ0n) is 10.9. The number of aromatic nitrogens is 2. The maximum atomic E-state index is 5.31. The highest BCUT2D eigenvalue weighted by molar-refractivity contribution is 5.27. The van der Waals surface area contributed by atoms with Crippen molar-refractivity contribution in [3.05, 3.63) is 12.3 Å². The fraction of sp³-hybridized carbons (Fsp3) is 0.667. The van der Waals surface area contributed by atoms with Crippen molar-refractivity contribution in [2.24, 2.45) is 0 Å². The molecule has 1 aromatic rings. The van der Waals surface area contributed by atoms with E-state index in [-0.39, 0.29) is 0 Å². The highest BCUT2D eigenvalue weighted by Crippen LogP contribution is 2.08. The van der Waals surface area contributed by atoms with E-state index in [2.05, 4.69) is 34.3 Å². The van der Waals surface area contributed by atoms with Crippen molar-refractivity contribution in [3.63, 3.8) is 0 Å². The molecule has 0 aromatic carbocycles. The molecule has 0 aliphatic heterocycles. The van der Waals surface area contributed by atoms with Crippen molar-refractivity contribution in [3.8, 4) is 5.88 Å². The van der Waals surface area contributed by atoms with Gasteiger partial charge in [-0.05, 0) is 40.4 Å². The monoisotopic (exact) mass is 238 g/mol. The number of ether oxygens (including phenoxy) is 1. The number of anilines is 1. The van der Waals surface area contributed by atoms with E-state index >= 15 is 0 Å². The van der Waals surface area contributed by atoms with Crippen LogP contribution < -0.4 is 10.1 Å². The van der Waals surface area contributed by atoms with Crippen LogP contribution in [0.4, 0.5) is 5.95 Å². The average molecular weight is 238 g/mol. The molecule has 17 heavy (non-hydrogen) atoms. The van der Waals surface area contributed by atoms with Crippen LogP contribution in [0.3, 0.4) is 0 Å². The molecule has 0 aliphatic rings. The lowest BCUT2D eigenvalue weighted by Crippen LogP contribution is -2.14. The van der Waals surface area contributed by atoms with Crippen molar-refractivity contribution in [1.82, 2.24) is 14.9 Å². The number of unbranched alkanes of at least 4 members (excludes halogenated alkanes) is 1. The third-order valence-corrected chi connectivity index (χ3v) is 2.24. The van der Waals surface area contributed by atoms with Gasteiger partial charge < -0.3 is 15.0 Å². The fourth-order valence-corrected chi connectivity index (χ4v) is 1.41. The summed E-state index contributed by atoms with van der Waals surface area (Å²) in [5.74, 6) is 1.26. The fourth-order valence-electron chi connectivity index (χ4n) is 1.41. The maximum Gasteiger partial charge on any atom is 0.225 e. The molecule has 0 atom stereocenters. The van der Waals surface area contributed by atoms with Gasteiger partial charge in [0, 0.05) is 18.8 Å². The van der Waals surface area contributed by atoms with Crippen LogP contribution in [0.5, 0.6) is 5.88 Å². The Kier molecular flexibility index (Phi) is 6.32. The van der Waals surface area contributed by atoms with Gasteiger partial charge in [0.25, 0.3) is 0 Å². The van der Waals surface area contributed by atoms with Crippen molar-refractivity contribution >= 4 is 5.95 Å². The topological polar surface area (TPSA) is 50.3 Å². The smallest absolute Gasteiger partial charge is 0.225 e. The van der Waals surface area contributed by atoms with E-state index < -0.39 is 0 Å². The summed E-state index contributed by atoms with van der Waals surface area (Å²) in [6.45, 7) is 4.57. The van der Waals surface area contributed by atoms with E-state index in [1.807, 2.05) is 6.92 Å². The van der Waals surface area contributed by atoms with Crippen molar-refractivity contribution in [2.45, 2.75) is 19.8 Å². The summed E-state index contributed by atoms with van der Waals surface area (Å²) in [5.41, 5.74) is 0. The van der Waals surface area contributed by atoms with E-state index in [1.54, 1.807) is 12.3 Å². The van der Waals surface area contributed by atoms with Gasteiger partial charge in [-0.15, -0.1) is 0 Å². The van der Waals surface area contributed by atoms with Gasteiger partial charge in [0.1, 0.15) is 0 Å². The minimum atomic E-state index is 0.623. The Morgan fingerprint density at radius 2 is 2.18 bits per heavy atom. The molecule has 1 aromatic heterocycles. The largest absolute Gasteiger partial charge is 0.478 e. The predicted octanol–water partition coefficient (Wildman–Crippen LogP) is 1.63. The molecule has 0 saturated carbocycles. The second kappa shape index (κ2) is 7.84. The molecule has 0 aliphatic carbocycles. The zero-order valence-corrected chi connectivity index (χ0v) is 10.9. The third kappa shape index (κ3) is 6.06. The lowest BCUT2D eigenvalue weighted by atomic mass is 10.3. The van der Waals surface area contributed by atoms with Crippen LogP contribution >= 0.6 is 0 Å². The molecule has 0 fully saturated rings. The standard InChI is InChI=1S/C12H22N4O/c1-4-17-11-7-9-14-12(15-11)13-8-5-6-10-16(2)3/h7,9H,4-6,8,10H2,1-3H3,(H,13,14,15). The van der Waals surface area contributed by atoms with Crippen molar-refractivity contribution in [1.29, 1.82) is 0 Å². The Morgan fingerprint density at radius 3 is 2.88 bits per heavy atom. The Morgan fingerprint density at radius 1 is 1.35 bits per heavy atom. The first-order valence-electron chi connectivity index (χ1n) is 6.07. The molecule has 0 saturated heterocycles. The Labute approximate surface area is 103 Å². The van der Waals surface area contributed by atoms with Crippen LogP contribution in [0.25, 0.3) is 0 Å². The number of hydrogen-bond donors (Lipinski definition) is 1. The Bertz CT molecular complexity index is 317. The molecular formula is C12H22N4O. The molecular weight excluding hydrogens is 216 g/mol. The molecule has 1 N–H and O–H groups in total. The van der Waals surface area contributed by atoms with Crippen LogP contribution in [0.2, 0.25) is 0 Å². The van der Waals surface area contributed by atoms with Gasteiger partial charge in [-0.25, -0.2) is 4.98 Å². The van der Waals surface area contributed by atoms with E-state index in [4.69, 9.17) is 4.74 Å². The molecule has 0 amide bonds. The molecule has 0 bridgehead atoms. The molecule has 0 unspecified atom stereocenters. The van der Waals surface area contributed by atoms with Crippen LogP contribution in [0.1, 0.15) is 19.8 Å². The second-order valence-electron chi connectivity index (χ2n) is 4.09. The Balaban J connectivity index is 2.24. The van der Waals surface area contributed by atoms with Crippen LogP contribution in [-0.4, -0.2) is 48.7 Å². The lowest BCUT2D eigenvalue weighted by molar-refractivity contribution is 0.326. The van der Waals surface area contributed by atoms with Gasteiger partial charge in [0.2, 0.25) is 11.8 Å². The van der Waals surface area contributed by atoms with Crippen molar-refractivity contribution in [2.75, 3.05) is 39.1 Å². The van der Waals surface area contributed by atoms with E-state index in [1.165, 1.54) is 6.42 Å². The highest BCUT2D eigenvalue weighted by atomic mass is 16.5. The van der Waals surface area contributed by atoms with Crippen LogP contribution in [-0.2, 0) is 0 Å². The minimum absolute atomic E-state index is 0.623. The SMILES string of the molecule is CCOc1ccnc(NCCCCN(C)C)n1. The lowest BCUT2D eigenvalue weighted by Gasteiger charge is -2.09. The van der Waals surface area contributed by atoms with E-state index in [9.17, 15) is 0 Å². The summed E-state index contributed by atoms with van der Waals surface area (Å²) in [4.78, 5) is 10.6. The molecule has 5 heteroatoms. The summed E-state index contributed by atoms with van der Waals surface area (Å²) in [5, 5.41) is 3.20. The first-order chi connectivity index (χ1) is 8.22. The van der Waals surface area contributed by atoms with E-state index in [0.29, 0.717) is 18.4 Å². The number of nitrogens with one attached hydrogen (secondary N) is 1. The molecule has 5 nitrogen and oxygen atoms in total. The van der Waals surface area contributed by atoms with E-state index in [0.717, 1.165) is 19.5 Å². The Hall–Kier alpha value is -1.36. The quantitative estimate of drug-likeness (QED) is 0.698. The highest BCUT2D eigenvalue weighted by Gasteiger charge is 1.98. The maximum absolute atomic E-state index is 5.31. The van der Waals surface area contributed by atoms with Gasteiger partial charge in [0.05, 0.1) is 6.61 Å². The summed E-state index contributed by atoms with van der Waals surface area (Å²) in [6, 6.07) is 1.76. The normalized spacial score (nSPS) is 10.6. The number of rotatable bonds is 8. The predicted molar refractivity (Wildman–Crippen MR) is 69.5 cm³/mol. The number of nitrogens with zero attached hydrogens (tertiary/aromatic N) is 3.